The van der Waals surface area contributed by atoms with E-state index in [1.807, 2.05) is 12.1 Å². The minimum absolute atomic E-state index is 0.0920. The number of anilines is 1. The summed E-state index contributed by atoms with van der Waals surface area (Å²) in [5.74, 6) is -1.08. The highest BCUT2D eigenvalue weighted by molar-refractivity contribution is 7.98. The molecule has 0 aliphatic heterocycles. The van der Waals surface area contributed by atoms with Gasteiger partial charge in [0.2, 0.25) is 0 Å². The standard InChI is InChI=1S/C14H12FNO2S/c15-13-6-1-9(14(17)18)7-10(13)8-19-12-4-2-11(16)3-5-12/h1-7H,8,16H2,(H,17,18). The summed E-state index contributed by atoms with van der Waals surface area (Å²) in [5.41, 5.74) is 6.72. The van der Waals surface area contributed by atoms with Crippen LogP contribution >= 0.6 is 11.8 Å². The second kappa shape index (κ2) is 5.75. The van der Waals surface area contributed by atoms with Crippen molar-refractivity contribution in [3.63, 3.8) is 0 Å². The third-order valence-electron chi connectivity index (χ3n) is 2.57. The van der Waals surface area contributed by atoms with Crippen LogP contribution in [0.1, 0.15) is 15.9 Å². The molecule has 0 aliphatic rings. The smallest absolute Gasteiger partial charge is 0.335 e. The van der Waals surface area contributed by atoms with Gasteiger partial charge in [0.1, 0.15) is 5.82 Å². The van der Waals surface area contributed by atoms with Crippen LogP contribution in [0.15, 0.2) is 47.4 Å². The highest BCUT2D eigenvalue weighted by Crippen LogP contribution is 2.25. The van der Waals surface area contributed by atoms with E-state index < -0.39 is 11.8 Å². The maximum atomic E-state index is 13.6. The summed E-state index contributed by atoms with van der Waals surface area (Å²) in [6.07, 6.45) is 0. The number of thioether (sulfide) groups is 1. The van der Waals surface area contributed by atoms with Gasteiger partial charge in [-0.15, -0.1) is 11.8 Å². The highest BCUT2D eigenvalue weighted by Gasteiger charge is 2.08. The Kier molecular flexibility index (Phi) is 4.06. The molecule has 0 fully saturated rings. The molecule has 2 aromatic rings. The Balaban J connectivity index is 2.12. The zero-order chi connectivity index (χ0) is 13.8. The maximum Gasteiger partial charge on any atom is 0.335 e. The first-order valence-corrected chi connectivity index (χ1v) is 6.55. The molecule has 2 rings (SSSR count). The van der Waals surface area contributed by atoms with E-state index in [0.717, 1.165) is 4.90 Å². The van der Waals surface area contributed by atoms with Crippen LogP contribution in [-0.4, -0.2) is 11.1 Å². The van der Waals surface area contributed by atoms with Crippen LogP contribution in [-0.2, 0) is 5.75 Å². The molecule has 2 aromatic carbocycles. The van der Waals surface area contributed by atoms with Gasteiger partial charge in [-0.25, -0.2) is 9.18 Å². The van der Waals surface area contributed by atoms with E-state index in [9.17, 15) is 9.18 Å². The minimum Gasteiger partial charge on any atom is -0.478 e. The lowest BCUT2D eigenvalue weighted by Gasteiger charge is -2.05. The summed E-state index contributed by atoms with van der Waals surface area (Å²) in [6.45, 7) is 0. The average Bonchev–Trinajstić information content (AvgIpc) is 2.39. The van der Waals surface area contributed by atoms with Crippen LogP contribution in [0.25, 0.3) is 0 Å². The molecule has 3 nitrogen and oxygen atoms in total. The highest BCUT2D eigenvalue weighted by atomic mass is 32.2. The van der Waals surface area contributed by atoms with Crippen molar-refractivity contribution in [2.24, 2.45) is 0 Å². The van der Waals surface area contributed by atoms with Gasteiger partial charge in [0.25, 0.3) is 0 Å². The van der Waals surface area contributed by atoms with Crippen LogP contribution in [0.5, 0.6) is 0 Å². The first kappa shape index (κ1) is 13.4. The number of benzene rings is 2. The van der Waals surface area contributed by atoms with Gasteiger partial charge in [0, 0.05) is 16.3 Å². The first-order chi connectivity index (χ1) is 9.06. The number of hydrogen-bond donors (Lipinski definition) is 2. The molecule has 0 saturated carbocycles. The molecule has 0 atom stereocenters. The van der Waals surface area contributed by atoms with Crippen molar-refractivity contribution in [3.05, 3.63) is 59.4 Å². The molecule has 0 aliphatic carbocycles. The molecule has 0 spiro atoms. The monoisotopic (exact) mass is 277 g/mol. The summed E-state index contributed by atoms with van der Waals surface area (Å²) < 4.78 is 13.6. The molecule has 0 saturated heterocycles. The van der Waals surface area contributed by atoms with Gasteiger partial charge in [-0.3, -0.25) is 0 Å². The van der Waals surface area contributed by atoms with E-state index in [-0.39, 0.29) is 5.56 Å². The Hall–Kier alpha value is -2.01. The number of nitrogens with two attached hydrogens (primary N) is 1. The summed E-state index contributed by atoms with van der Waals surface area (Å²) in [4.78, 5) is 11.8. The average molecular weight is 277 g/mol. The number of nitrogen functional groups attached to an aromatic ring is 1. The zero-order valence-electron chi connectivity index (χ0n) is 9.97. The molecule has 0 heterocycles. The molecule has 3 N–H and O–H groups in total. The summed E-state index contributed by atoms with van der Waals surface area (Å²) in [6, 6.07) is 11.0. The lowest BCUT2D eigenvalue weighted by Crippen LogP contribution is -1.99. The third-order valence-corrected chi connectivity index (χ3v) is 3.63. The van der Waals surface area contributed by atoms with Crippen LogP contribution in [0.4, 0.5) is 10.1 Å². The minimum atomic E-state index is -1.06. The summed E-state index contributed by atoms with van der Waals surface area (Å²) in [7, 11) is 0. The van der Waals surface area contributed by atoms with Crippen molar-refractivity contribution in [1.82, 2.24) is 0 Å². The van der Waals surface area contributed by atoms with Crippen molar-refractivity contribution >= 4 is 23.4 Å². The molecular formula is C14H12FNO2S. The van der Waals surface area contributed by atoms with E-state index in [2.05, 4.69) is 0 Å². The Morgan fingerprint density at radius 3 is 2.53 bits per heavy atom. The van der Waals surface area contributed by atoms with Gasteiger partial charge in [-0.1, -0.05) is 0 Å². The van der Waals surface area contributed by atoms with Crippen LogP contribution in [0, 0.1) is 5.82 Å². The summed E-state index contributed by atoms with van der Waals surface area (Å²) >= 11 is 1.43. The van der Waals surface area contributed by atoms with E-state index in [1.165, 1.54) is 30.0 Å². The lowest BCUT2D eigenvalue weighted by molar-refractivity contribution is 0.0696. The van der Waals surface area contributed by atoms with E-state index in [0.29, 0.717) is 17.0 Å². The van der Waals surface area contributed by atoms with Crippen LogP contribution in [0.3, 0.4) is 0 Å². The molecule has 5 heteroatoms. The van der Waals surface area contributed by atoms with Crippen molar-refractivity contribution in [1.29, 1.82) is 0 Å². The number of carbonyl (C=O) groups is 1. The van der Waals surface area contributed by atoms with Crippen molar-refractivity contribution in [2.75, 3.05) is 5.73 Å². The first-order valence-electron chi connectivity index (χ1n) is 5.56. The Morgan fingerprint density at radius 1 is 1.21 bits per heavy atom. The second-order valence-corrected chi connectivity index (χ2v) is 5.02. The molecular weight excluding hydrogens is 265 g/mol. The number of halogens is 1. The Bertz CT molecular complexity index is 599. The molecule has 0 bridgehead atoms. The normalized spacial score (nSPS) is 10.4. The fourth-order valence-corrected chi connectivity index (χ4v) is 2.42. The molecule has 0 unspecified atom stereocenters. The SMILES string of the molecule is Nc1ccc(SCc2cc(C(=O)O)ccc2F)cc1. The number of carboxylic acid groups (broad SMARTS) is 1. The van der Waals surface area contributed by atoms with E-state index in [4.69, 9.17) is 10.8 Å². The maximum absolute atomic E-state index is 13.6. The van der Waals surface area contributed by atoms with Gasteiger partial charge < -0.3 is 10.8 Å². The molecule has 0 amide bonds. The number of hydrogen-bond acceptors (Lipinski definition) is 3. The topological polar surface area (TPSA) is 63.3 Å². The summed E-state index contributed by atoms with van der Waals surface area (Å²) in [5, 5.41) is 8.87. The van der Waals surface area contributed by atoms with Gasteiger partial charge >= 0.3 is 5.97 Å². The largest absolute Gasteiger partial charge is 0.478 e. The quantitative estimate of drug-likeness (QED) is 0.664. The predicted molar refractivity (Wildman–Crippen MR) is 73.8 cm³/mol. The lowest BCUT2D eigenvalue weighted by atomic mass is 10.1. The molecule has 19 heavy (non-hydrogen) atoms. The molecule has 98 valence electrons. The van der Waals surface area contributed by atoms with Gasteiger partial charge in [0.05, 0.1) is 5.56 Å². The molecule has 0 radical (unpaired) electrons. The fraction of sp³-hybridized carbons (Fsp3) is 0.0714. The predicted octanol–water partition coefficient (Wildman–Crippen LogP) is 3.40. The van der Waals surface area contributed by atoms with E-state index >= 15 is 0 Å². The van der Waals surface area contributed by atoms with Gasteiger partial charge in [-0.2, -0.15) is 0 Å². The number of carboxylic acids is 1. The van der Waals surface area contributed by atoms with Crippen LogP contribution < -0.4 is 5.73 Å². The third kappa shape index (κ3) is 3.48. The van der Waals surface area contributed by atoms with Gasteiger partial charge in [0.15, 0.2) is 0 Å². The van der Waals surface area contributed by atoms with Crippen LogP contribution in [0.2, 0.25) is 0 Å². The molecule has 0 aromatic heterocycles. The fourth-order valence-electron chi connectivity index (χ4n) is 1.54. The Morgan fingerprint density at radius 2 is 1.89 bits per heavy atom. The van der Waals surface area contributed by atoms with Crippen molar-refractivity contribution in [2.45, 2.75) is 10.6 Å². The van der Waals surface area contributed by atoms with Crippen molar-refractivity contribution < 1.29 is 14.3 Å². The Labute approximate surface area is 114 Å². The van der Waals surface area contributed by atoms with Gasteiger partial charge in [-0.05, 0) is 48.0 Å². The number of aromatic carboxylic acids is 1. The van der Waals surface area contributed by atoms with Crippen molar-refractivity contribution in [3.8, 4) is 0 Å². The second-order valence-electron chi connectivity index (χ2n) is 3.97. The number of rotatable bonds is 4. The zero-order valence-corrected chi connectivity index (χ0v) is 10.8. The van der Waals surface area contributed by atoms with E-state index in [1.54, 1.807) is 12.1 Å².